The fourth-order valence-electron chi connectivity index (χ4n) is 2.00. The number of hydrogen-bond donors (Lipinski definition) is 2. The van der Waals surface area contributed by atoms with Crippen LogP contribution in [0.2, 0.25) is 0 Å². The van der Waals surface area contributed by atoms with Crippen LogP contribution in [0.3, 0.4) is 0 Å². The average Bonchev–Trinajstić information content (AvgIpc) is 2.94. The largest absolute Gasteiger partial charge is 0.478 e. The third-order valence-electron chi connectivity index (χ3n) is 3.37. The Kier molecular flexibility index (Phi) is 7.75. The molecule has 4 nitrogen and oxygen atoms in total. The van der Waals surface area contributed by atoms with Crippen LogP contribution >= 0.6 is 11.3 Å². The molecule has 1 unspecified atom stereocenters. The molecule has 0 radical (unpaired) electrons. The zero-order chi connectivity index (χ0) is 15.7. The molecule has 0 aromatic carbocycles. The predicted octanol–water partition coefficient (Wildman–Crippen LogP) is 3.79. The van der Waals surface area contributed by atoms with Crippen LogP contribution in [0.5, 0.6) is 0 Å². The zero-order valence-corrected chi connectivity index (χ0v) is 13.4. The molecule has 0 bridgehead atoms. The van der Waals surface area contributed by atoms with Gasteiger partial charge in [-0.1, -0.05) is 33.1 Å². The van der Waals surface area contributed by atoms with Gasteiger partial charge in [0.15, 0.2) is 0 Å². The van der Waals surface area contributed by atoms with Crippen molar-refractivity contribution in [2.24, 2.45) is 5.92 Å². The number of carboxylic acids is 1. The SMILES string of the molecule is CCCCC(CC)CNC(=O)c1csc(/C=C/C(=O)O)c1. The van der Waals surface area contributed by atoms with Crippen molar-refractivity contribution >= 4 is 29.3 Å². The lowest BCUT2D eigenvalue weighted by Crippen LogP contribution is -2.28. The molecule has 2 N–H and O–H groups in total. The highest BCUT2D eigenvalue weighted by molar-refractivity contribution is 7.11. The highest BCUT2D eigenvalue weighted by atomic mass is 32.1. The first-order chi connectivity index (χ1) is 10.1. The Morgan fingerprint density at radius 3 is 2.81 bits per heavy atom. The number of thiophene rings is 1. The maximum Gasteiger partial charge on any atom is 0.328 e. The molecule has 1 atom stereocenters. The van der Waals surface area contributed by atoms with Crippen LogP contribution in [0.25, 0.3) is 6.08 Å². The zero-order valence-electron chi connectivity index (χ0n) is 12.6. The van der Waals surface area contributed by atoms with Gasteiger partial charge in [0, 0.05) is 22.9 Å². The predicted molar refractivity (Wildman–Crippen MR) is 86.6 cm³/mol. The van der Waals surface area contributed by atoms with Crippen molar-refractivity contribution in [3.63, 3.8) is 0 Å². The van der Waals surface area contributed by atoms with E-state index in [-0.39, 0.29) is 5.91 Å². The Morgan fingerprint density at radius 2 is 2.19 bits per heavy atom. The van der Waals surface area contributed by atoms with Gasteiger partial charge in [0.1, 0.15) is 0 Å². The number of carbonyl (C=O) groups excluding carboxylic acids is 1. The molecule has 0 aliphatic rings. The van der Waals surface area contributed by atoms with Gasteiger partial charge in [0.25, 0.3) is 5.91 Å². The third-order valence-corrected chi connectivity index (χ3v) is 4.26. The van der Waals surface area contributed by atoms with Crippen LogP contribution in [0.4, 0.5) is 0 Å². The number of nitrogens with one attached hydrogen (secondary N) is 1. The number of amides is 1. The first-order valence-electron chi connectivity index (χ1n) is 7.34. The molecule has 0 saturated heterocycles. The van der Waals surface area contributed by atoms with Gasteiger partial charge < -0.3 is 10.4 Å². The van der Waals surface area contributed by atoms with E-state index in [4.69, 9.17) is 5.11 Å². The van der Waals surface area contributed by atoms with E-state index >= 15 is 0 Å². The summed E-state index contributed by atoms with van der Waals surface area (Å²) < 4.78 is 0. The molecule has 1 heterocycles. The van der Waals surface area contributed by atoms with Crippen molar-refractivity contribution < 1.29 is 14.7 Å². The van der Waals surface area contributed by atoms with E-state index in [1.165, 1.54) is 30.3 Å². The van der Waals surface area contributed by atoms with Gasteiger partial charge in [-0.05, 0) is 24.5 Å². The number of carboxylic acid groups (broad SMARTS) is 1. The molecule has 1 rings (SSSR count). The fourth-order valence-corrected chi connectivity index (χ4v) is 2.77. The van der Waals surface area contributed by atoms with E-state index in [9.17, 15) is 9.59 Å². The second-order valence-corrected chi connectivity index (χ2v) is 5.98. The van der Waals surface area contributed by atoms with E-state index in [0.29, 0.717) is 18.0 Å². The van der Waals surface area contributed by atoms with E-state index in [2.05, 4.69) is 19.2 Å². The maximum atomic E-state index is 12.0. The van der Waals surface area contributed by atoms with E-state index in [0.717, 1.165) is 23.8 Å². The van der Waals surface area contributed by atoms with Crippen LogP contribution in [-0.4, -0.2) is 23.5 Å². The topological polar surface area (TPSA) is 66.4 Å². The minimum atomic E-state index is -0.990. The van der Waals surface area contributed by atoms with Gasteiger partial charge in [-0.15, -0.1) is 11.3 Å². The maximum absolute atomic E-state index is 12.0. The summed E-state index contributed by atoms with van der Waals surface area (Å²) in [6, 6.07) is 1.71. The van der Waals surface area contributed by atoms with E-state index in [1.807, 2.05) is 0 Å². The second kappa shape index (κ2) is 9.34. The Labute approximate surface area is 129 Å². The number of aliphatic carboxylic acids is 1. The minimum Gasteiger partial charge on any atom is -0.478 e. The van der Waals surface area contributed by atoms with Crippen LogP contribution in [0, 0.1) is 5.92 Å². The lowest BCUT2D eigenvalue weighted by atomic mass is 9.99. The molecule has 5 heteroatoms. The van der Waals surface area contributed by atoms with Gasteiger partial charge in [-0.2, -0.15) is 0 Å². The number of rotatable bonds is 9. The Bertz CT molecular complexity index is 493. The smallest absolute Gasteiger partial charge is 0.328 e. The van der Waals surface area contributed by atoms with Crippen LogP contribution in [0.15, 0.2) is 17.5 Å². The lowest BCUT2D eigenvalue weighted by Gasteiger charge is -2.14. The Morgan fingerprint density at radius 1 is 1.43 bits per heavy atom. The van der Waals surface area contributed by atoms with Crippen LogP contribution < -0.4 is 5.32 Å². The summed E-state index contributed by atoms with van der Waals surface area (Å²) in [5.74, 6) is -0.550. The number of hydrogen-bond acceptors (Lipinski definition) is 3. The molecule has 1 aromatic heterocycles. The number of carbonyl (C=O) groups is 2. The van der Waals surface area contributed by atoms with E-state index in [1.54, 1.807) is 11.4 Å². The summed E-state index contributed by atoms with van der Waals surface area (Å²) >= 11 is 1.36. The second-order valence-electron chi connectivity index (χ2n) is 5.04. The van der Waals surface area contributed by atoms with Gasteiger partial charge in [-0.3, -0.25) is 4.79 Å². The van der Waals surface area contributed by atoms with Gasteiger partial charge in [0.05, 0.1) is 5.56 Å². The molecular weight excluding hydrogens is 286 g/mol. The first kappa shape index (κ1) is 17.4. The Balaban J connectivity index is 2.50. The van der Waals surface area contributed by atoms with Gasteiger partial charge in [0.2, 0.25) is 0 Å². The molecule has 116 valence electrons. The van der Waals surface area contributed by atoms with Crippen LogP contribution in [0.1, 0.15) is 54.8 Å². The summed E-state index contributed by atoms with van der Waals surface area (Å²) in [4.78, 5) is 23.3. The van der Waals surface area contributed by atoms with Crippen molar-refractivity contribution in [2.45, 2.75) is 39.5 Å². The molecule has 0 aliphatic carbocycles. The van der Waals surface area contributed by atoms with Gasteiger partial charge in [-0.25, -0.2) is 4.79 Å². The number of unbranched alkanes of at least 4 members (excludes halogenated alkanes) is 1. The molecule has 0 spiro atoms. The molecular formula is C16H23NO3S. The van der Waals surface area contributed by atoms with Crippen molar-refractivity contribution in [3.05, 3.63) is 28.0 Å². The standard InChI is InChI=1S/C16H23NO3S/c1-3-5-6-12(4-2)10-17-16(20)13-9-14(21-11-13)7-8-15(18)19/h7-9,11-12H,3-6,10H2,1-2H3,(H,17,20)(H,18,19)/b8-7+. The van der Waals surface area contributed by atoms with Crippen molar-refractivity contribution in [2.75, 3.05) is 6.54 Å². The highest BCUT2D eigenvalue weighted by Crippen LogP contribution is 2.17. The molecule has 0 aliphatic heterocycles. The summed E-state index contributed by atoms with van der Waals surface area (Å²) in [6.45, 7) is 5.01. The monoisotopic (exact) mass is 309 g/mol. The van der Waals surface area contributed by atoms with Crippen LogP contribution in [-0.2, 0) is 4.79 Å². The molecule has 1 aromatic rings. The molecule has 0 saturated carbocycles. The molecule has 21 heavy (non-hydrogen) atoms. The highest BCUT2D eigenvalue weighted by Gasteiger charge is 2.11. The lowest BCUT2D eigenvalue weighted by molar-refractivity contribution is -0.131. The summed E-state index contributed by atoms with van der Waals surface area (Å²) in [5, 5.41) is 13.3. The summed E-state index contributed by atoms with van der Waals surface area (Å²) in [7, 11) is 0. The molecule has 0 fully saturated rings. The fraction of sp³-hybridized carbons (Fsp3) is 0.500. The van der Waals surface area contributed by atoms with Crippen molar-refractivity contribution in [3.8, 4) is 0 Å². The van der Waals surface area contributed by atoms with Crippen molar-refractivity contribution in [1.82, 2.24) is 5.32 Å². The quantitative estimate of drug-likeness (QED) is 0.682. The minimum absolute atomic E-state index is 0.0869. The Hall–Kier alpha value is -1.62. The summed E-state index contributed by atoms with van der Waals surface area (Å²) in [5.41, 5.74) is 0.593. The van der Waals surface area contributed by atoms with E-state index < -0.39 is 5.97 Å². The van der Waals surface area contributed by atoms with Gasteiger partial charge >= 0.3 is 5.97 Å². The normalized spacial score (nSPS) is 12.5. The average molecular weight is 309 g/mol. The summed E-state index contributed by atoms with van der Waals surface area (Å²) in [6.07, 6.45) is 7.15. The molecule has 1 amide bonds. The third kappa shape index (κ3) is 6.58. The van der Waals surface area contributed by atoms with Crippen molar-refractivity contribution in [1.29, 1.82) is 0 Å². The first-order valence-corrected chi connectivity index (χ1v) is 8.22.